The van der Waals surface area contributed by atoms with Gasteiger partial charge in [-0.05, 0) is 39.4 Å². The lowest BCUT2D eigenvalue weighted by Crippen LogP contribution is -2.51. The van der Waals surface area contributed by atoms with Gasteiger partial charge in [0.1, 0.15) is 0 Å². The fourth-order valence-electron chi connectivity index (χ4n) is 7.78. The van der Waals surface area contributed by atoms with Crippen molar-refractivity contribution in [2.45, 2.75) is 120 Å². The Bertz CT molecular complexity index is 564. The summed E-state index contributed by atoms with van der Waals surface area (Å²) in [7, 11) is -0.206. The fourth-order valence-corrected chi connectivity index (χ4v) is 16.4. The Balaban J connectivity index is 1.42. The predicted molar refractivity (Wildman–Crippen MR) is 132 cm³/mol. The normalized spacial score (nSPS) is 33.3. The second-order valence-corrected chi connectivity index (χ2v) is 20.3. The van der Waals surface area contributed by atoms with Crippen LogP contribution in [0.4, 0.5) is 0 Å². The lowest BCUT2D eigenvalue weighted by Gasteiger charge is -2.57. The molecule has 180 valence electrons. The zero-order chi connectivity index (χ0) is 22.8. The predicted octanol–water partition coefficient (Wildman–Crippen LogP) is 6.53. The molecule has 0 saturated carbocycles. The summed E-state index contributed by atoms with van der Waals surface area (Å²) in [5.41, 5.74) is 0. The van der Waals surface area contributed by atoms with Crippen LogP contribution in [-0.4, -0.2) is 70.9 Å². The highest BCUT2D eigenvalue weighted by Crippen LogP contribution is 2.71. The van der Waals surface area contributed by atoms with Gasteiger partial charge in [-0.1, -0.05) is 71.2 Å². The van der Waals surface area contributed by atoms with Crippen LogP contribution < -0.4 is 0 Å². The van der Waals surface area contributed by atoms with Crippen molar-refractivity contribution < 1.29 is 18.9 Å². The van der Waals surface area contributed by atoms with Gasteiger partial charge in [-0.15, -0.1) is 0 Å². The molecule has 4 nitrogen and oxygen atoms in total. The minimum absolute atomic E-state index is 0.103. The molecule has 0 bridgehead atoms. The van der Waals surface area contributed by atoms with Gasteiger partial charge in [-0.3, -0.25) is 0 Å². The molecule has 0 aromatic heterocycles. The molecule has 4 aliphatic heterocycles. The standard InChI is InChI=1S/C25H46O4P2/c1-20(2)16-24(26-10-11-27-24)17-21(3,4)30(20)14-9-15-31-22(5,6)18-25(19-23(31,7)8)28-12-13-29-25/h9-19H2,1-8H3. The van der Waals surface area contributed by atoms with E-state index in [9.17, 15) is 0 Å². The molecule has 31 heavy (non-hydrogen) atoms. The van der Waals surface area contributed by atoms with Gasteiger partial charge in [-0.2, -0.15) is 0 Å². The zero-order valence-electron chi connectivity index (χ0n) is 21.3. The highest BCUT2D eigenvalue weighted by atomic mass is 31.1. The van der Waals surface area contributed by atoms with E-state index in [1.807, 2.05) is 0 Å². The molecule has 4 fully saturated rings. The Labute approximate surface area is 193 Å². The van der Waals surface area contributed by atoms with Crippen LogP contribution in [0.2, 0.25) is 0 Å². The van der Waals surface area contributed by atoms with Crippen LogP contribution in [0, 0.1) is 0 Å². The zero-order valence-corrected chi connectivity index (χ0v) is 23.1. The van der Waals surface area contributed by atoms with Crippen LogP contribution in [0.1, 0.15) is 87.5 Å². The molecule has 6 heteroatoms. The molecule has 0 aromatic carbocycles. The molecular weight excluding hydrogens is 426 g/mol. The minimum atomic E-state index is -0.321. The Hall–Kier alpha value is 0.700. The van der Waals surface area contributed by atoms with Crippen LogP contribution in [0.25, 0.3) is 0 Å². The summed E-state index contributed by atoms with van der Waals surface area (Å²) in [6.07, 6.45) is 8.30. The summed E-state index contributed by atoms with van der Waals surface area (Å²) >= 11 is 0. The SMILES string of the molecule is CC1(C)CC2(CC(C)(C)P1CCCP1C(C)(C)CC3(CC1(C)C)OCCO3)OCCO2. The molecule has 4 rings (SSSR count). The van der Waals surface area contributed by atoms with Crippen LogP contribution in [0.15, 0.2) is 0 Å². The summed E-state index contributed by atoms with van der Waals surface area (Å²) in [6.45, 7) is 22.8. The quantitative estimate of drug-likeness (QED) is 0.436. The van der Waals surface area contributed by atoms with Crippen molar-refractivity contribution in [2.24, 2.45) is 0 Å². The molecule has 4 aliphatic rings. The van der Waals surface area contributed by atoms with Crippen molar-refractivity contribution in [2.75, 3.05) is 38.8 Å². The maximum Gasteiger partial charge on any atom is 0.170 e. The van der Waals surface area contributed by atoms with Gasteiger partial charge in [0.05, 0.1) is 26.4 Å². The van der Waals surface area contributed by atoms with Crippen LogP contribution in [-0.2, 0) is 18.9 Å². The molecule has 0 aliphatic carbocycles. The summed E-state index contributed by atoms with van der Waals surface area (Å²) in [6, 6.07) is 0. The van der Waals surface area contributed by atoms with E-state index in [2.05, 4.69) is 55.4 Å². The van der Waals surface area contributed by atoms with Gasteiger partial charge in [0.25, 0.3) is 0 Å². The van der Waals surface area contributed by atoms with Gasteiger partial charge in [0.2, 0.25) is 0 Å². The highest BCUT2D eigenvalue weighted by Gasteiger charge is 2.57. The van der Waals surface area contributed by atoms with E-state index in [0.717, 1.165) is 52.1 Å². The third-order valence-corrected chi connectivity index (χ3v) is 16.1. The summed E-state index contributed by atoms with van der Waals surface area (Å²) in [4.78, 5) is 0. The van der Waals surface area contributed by atoms with E-state index in [1.165, 1.54) is 18.7 Å². The Morgan fingerprint density at radius 1 is 0.484 bits per heavy atom. The first-order valence-corrected chi connectivity index (χ1v) is 15.4. The van der Waals surface area contributed by atoms with Crippen LogP contribution >= 0.6 is 15.8 Å². The molecule has 0 radical (unpaired) electrons. The van der Waals surface area contributed by atoms with Crippen molar-refractivity contribution in [3.8, 4) is 0 Å². The topological polar surface area (TPSA) is 36.9 Å². The van der Waals surface area contributed by atoms with E-state index in [-0.39, 0.29) is 27.4 Å². The van der Waals surface area contributed by atoms with Crippen molar-refractivity contribution in [3.63, 3.8) is 0 Å². The Morgan fingerprint density at radius 3 is 1.00 bits per heavy atom. The van der Waals surface area contributed by atoms with E-state index in [1.54, 1.807) is 0 Å². The largest absolute Gasteiger partial charge is 0.347 e. The maximum atomic E-state index is 6.17. The molecule has 0 unspecified atom stereocenters. The summed E-state index contributed by atoms with van der Waals surface area (Å²) in [5.74, 6) is -0.641. The van der Waals surface area contributed by atoms with Gasteiger partial charge in [0, 0.05) is 25.7 Å². The molecule has 0 aromatic rings. The molecule has 4 saturated heterocycles. The monoisotopic (exact) mass is 472 g/mol. The Kier molecular flexibility index (Phi) is 6.51. The number of hydrogen-bond acceptors (Lipinski definition) is 4. The molecular formula is C25H46O4P2. The highest BCUT2D eigenvalue weighted by molar-refractivity contribution is 7.62. The second kappa shape index (κ2) is 8.13. The van der Waals surface area contributed by atoms with Gasteiger partial charge >= 0.3 is 0 Å². The molecule has 2 spiro atoms. The number of hydrogen-bond donors (Lipinski definition) is 0. The fraction of sp³-hybridized carbons (Fsp3) is 1.00. The third kappa shape index (κ3) is 4.78. The second-order valence-electron chi connectivity index (χ2n) is 12.8. The van der Waals surface area contributed by atoms with Crippen molar-refractivity contribution >= 4 is 15.8 Å². The van der Waals surface area contributed by atoms with E-state index >= 15 is 0 Å². The van der Waals surface area contributed by atoms with Gasteiger partial charge < -0.3 is 18.9 Å². The average molecular weight is 473 g/mol. The molecule has 0 amide bonds. The summed E-state index contributed by atoms with van der Waals surface area (Å²) in [5, 5.41) is 1.17. The lowest BCUT2D eigenvalue weighted by atomic mass is 9.91. The van der Waals surface area contributed by atoms with Gasteiger partial charge in [-0.25, -0.2) is 0 Å². The molecule has 0 atom stereocenters. The minimum Gasteiger partial charge on any atom is -0.347 e. The third-order valence-electron chi connectivity index (χ3n) is 8.12. The summed E-state index contributed by atoms with van der Waals surface area (Å²) < 4.78 is 24.7. The van der Waals surface area contributed by atoms with Crippen molar-refractivity contribution in [1.29, 1.82) is 0 Å². The smallest absolute Gasteiger partial charge is 0.170 e. The first-order valence-electron chi connectivity index (χ1n) is 12.3. The van der Waals surface area contributed by atoms with E-state index < -0.39 is 0 Å². The Morgan fingerprint density at radius 2 is 0.742 bits per heavy atom. The molecule has 4 heterocycles. The lowest BCUT2D eigenvalue weighted by molar-refractivity contribution is -0.179. The maximum absolute atomic E-state index is 6.17. The van der Waals surface area contributed by atoms with E-state index in [0.29, 0.717) is 20.6 Å². The first kappa shape index (κ1) is 24.8. The van der Waals surface area contributed by atoms with Crippen LogP contribution in [0.3, 0.4) is 0 Å². The van der Waals surface area contributed by atoms with Crippen LogP contribution in [0.5, 0.6) is 0 Å². The van der Waals surface area contributed by atoms with Crippen molar-refractivity contribution in [3.05, 3.63) is 0 Å². The number of ether oxygens (including phenoxy) is 4. The van der Waals surface area contributed by atoms with Crippen molar-refractivity contribution in [1.82, 2.24) is 0 Å². The average Bonchev–Trinajstić information content (AvgIpc) is 3.19. The number of rotatable bonds is 4. The van der Waals surface area contributed by atoms with E-state index in [4.69, 9.17) is 18.9 Å². The first-order chi connectivity index (χ1) is 14.2. The molecule has 0 N–H and O–H groups in total. The van der Waals surface area contributed by atoms with Gasteiger partial charge in [0.15, 0.2) is 11.6 Å².